The molecule has 3 aromatic rings. The van der Waals surface area contributed by atoms with Crippen LogP contribution in [0, 0.1) is 0 Å². The molecule has 332 valence electrons. The van der Waals surface area contributed by atoms with E-state index in [1.165, 1.54) is 25.5 Å². The van der Waals surface area contributed by atoms with Gasteiger partial charge >= 0.3 is 0 Å². The van der Waals surface area contributed by atoms with Crippen molar-refractivity contribution in [3.8, 4) is 11.5 Å². The zero-order valence-electron chi connectivity index (χ0n) is 36.2. The summed E-state index contributed by atoms with van der Waals surface area (Å²) in [6.07, 6.45) is 7.69. The second kappa shape index (κ2) is 18.9. The number of ether oxygens (including phenoxy) is 2. The van der Waals surface area contributed by atoms with Crippen LogP contribution in [-0.4, -0.2) is 148 Å². The largest absolute Gasteiger partial charge is 0.493 e. The number of nitrogens with one attached hydrogen (secondary N) is 1. The Morgan fingerprint density at radius 3 is 2.10 bits per heavy atom. The Morgan fingerprint density at radius 2 is 1.45 bits per heavy atom. The summed E-state index contributed by atoms with van der Waals surface area (Å²) in [5.41, 5.74) is 4.08. The Kier molecular flexibility index (Phi) is 13.3. The van der Waals surface area contributed by atoms with Crippen LogP contribution in [0.5, 0.6) is 11.5 Å². The fourth-order valence-electron chi connectivity index (χ4n) is 10.3. The van der Waals surface area contributed by atoms with Crippen molar-refractivity contribution in [3.05, 3.63) is 88.5 Å². The maximum absolute atomic E-state index is 14.4. The fourth-order valence-corrected chi connectivity index (χ4v) is 11.2. The molecule has 62 heavy (non-hydrogen) atoms. The number of sulfone groups is 1. The van der Waals surface area contributed by atoms with Gasteiger partial charge in [-0.15, -0.1) is 0 Å². The van der Waals surface area contributed by atoms with Crippen LogP contribution in [0.15, 0.2) is 60.7 Å². The molecule has 4 fully saturated rings. The number of methoxy groups -OCH3 is 1. The molecule has 2 atom stereocenters. The molecule has 5 aliphatic heterocycles. The van der Waals surface area contributed by atoms with E-state index in [1.54, 1.807) is 24.3 Å². The van der Waals surface area contributed by atoms with Gasteiger partial charge in [-0.05, 0) is 113 Å². The smallest absolute Gasteiger partial charge is 0.264 e. The third kappa shape index (κ3) is 9.55. The minimum Gasteiger partial charge on any atom is -0.493 e. The maximum atomic E-state index is 14.4. The lowest BCUT2D eigenvalue weighted by molar-refractivity contribution is -0.134. The van der Waals surface area contributed by atoms with E-state index in [0.717, 1.165) is 101 Å². The number of anilines is 1. The molecule has 0 aliphatic carbocycles. The van der Waals surface area contributed by atoms with Crippen LogP contribution in [0.25, 0.3) is 0 Å². The van der Waals surface area contributed by atoms with E-state index >= 15 is 0 Å². The minimum absolute atomic E-state index is 0.184. The van der Waals surface area contributed by atoms with E-state index in [0.29, 0.717) is 59.7 Å². The van der Waals surface area contributed by atoms with Crippen LogP contribution in [0.1, 0.15) is 94.8 Å². The molecule has 4 saturated heterocycles. The van der Waals surface area contributed by atoms with Crippen molar-refractivity contribution < 1.29 is 37.1 Å². The third-order valence-electron chi connectivity index (χ3n) is 13.7. The lowest BCUT2D eigenvalue weighted by atomic mass is 9.90. The number of fused-ring (bicyclic) bond motifs is 1. The van der Waals surface area contributed by atoms with Crippen molar-refractivity contribution in [1.29, 1.82) is 0 Å². The molecule has 15 heteroatoms. The first-order valence-electron chi connectivity index (χ1n) is 22.3. The molecule has 0 saturated carbocycles. The van der Waals surface area contributed by atoms with Gasteiger partial charge < -0.3 is 24.2 Å². The van der Waals surface area contributed by atoms with Crippen molar-refractivity contribution in [3.63, 3.8) is 0 Å². The van der Waals surface area contributed by atoms with Gasteiger partial charge in [-0.2, -0.15) is 0 Å². The number of imide groups is 2. The molecule has 14 nitrogen and oxygen atoms in total. The highest BCUT2D eigenvalue weighted by Crippen LogP contribution is 2.40. The Bertz CT molecular complexity index is 2250. The first-order chi connectivity index (χ1) is 29.9. The number of nitrogens with zero attached hydrogens (tertiary/aromatic N) is 5. The minimum atomic E-state index is -3.61. The molecule has 0 spiro atoms. The zero-order chi connectivity index (χ0) is 43.5. The molecule has 0 aromatic heterocycles. The van der Waals surface area contributed by atoms with Gasteiger partial charge in [0.2, 0.25) is 11.8 Å². The van der Waals surface area contributed by atoms with Crippen molar-refractivity contribution in [1.82, 2.24) is 24.9 Å². The van der Waals surface area contributed by atoms with E-state index in [4.69, 9.17) is 9.47 Å². The van der Waals surface area contributed by atoms with Crippen LogP contribution >= 0.6 is 0 Å². The van der Waals surface area contributed by atoms with Gasteiger partial charge in [-0.25, -0.2) is 8.42 Å². The summed E-state index contributed by atoms with van der Waals surface area (Å²) >= 11 is 0. The maximum Gasteiger partial charge on any atom is 0.264 e. The average molecular weight is 869 g/mol. The fraction of sp³-hybridized carbons (Fsp3) is 0.532. The Balaban J connectivity index is 0.818. The van der Waals surface area contributed by atoms with E-state index in [2.05, 4.69) is 37.0 Å². The Labute approximate surface area is 365 Å². The highest BCUT2D eigenvalue weighted by molar-refractivity contribution is 7.90. The first-order valence-corrected chi connectivity index (χ1v) is 24.3. The predicted molar refractivity (Wildman–Crippen MR) is 237 cm³/mol. The van der Waals surface area contributed by atoms with Gasteiger partial charge in [0.15, 0.2) is 11.5 Å². The van der Waals surface area contributed by atoms with E-state index in [9.17, 15) is 27.6 Å². The summed E-state index contributed by atoms with van der Waals surface area (Å²) in [4.78, 5) is 63.4. The standard InChI is InChI=1S/C47H60N6O8S/c1-4-61-42-30-34(12-14-41(42)60-2)40(31-62(3,58)59)53-46(56)38-6-5-7-39(44(38)47(53)57)52-28-26-51(27-29-52)36-19-24-50(25-20-36)35-17-22-49(23-18-35)21-16-32-8-10-33(11-9-32)37-13-15-43(54)48-45(37)55/h5-12,14,30,35-37,40H,4,13,15-29,31H2,1-3H3,(H,48,54,55)/t37?,40-/m1/s1. The molecule has 1 N–H and O–H groups in total. The number of carbonyl (C=O) groups is 4. The molecular weight excluding hydrogens is 809 g/mol. The highest BCUT2D eigenvalue weighted by Gasteiger charge is 2.44. The van der Waals surface area contributed by atoms with Crippen molar-refractivity contribution in [2.24, 2.45) is 0 Å². The number of benzene rings is 3. The number of piperazine rings is 1. The van der Waals surface area contributed by atoms with E-state index < -0.39 is 33.4 Å². The normalized spacial score (nSPS) is 21.9. The second-order valence-electron chi connectivity index (χ2n) is 17.5. The monoisotopic (exact) mass is 868 g/mol. The van der Waals surface area contributed by atoms with Crippen molar-refractivity contribution in [2.45, 2.75) is 75.9 Å². The number of hydrogen-bond acceptors (Lipinski definition) is 12. The molecule has 8 rings (SSSR count). The van der Waals surface area contributed by atoms with E-state index in [-0.39, 0.29) is 17.7 Å². The molecule has 4 amide bonds. The van der Waals surface area contributed by atoms with Crippen LogP contribution in [0.3, 0.4) is 0 Å². The second-order valence-corrected chi connectivity index (χ2v) is 19.7. The summed E-state index contributed by atoms with van der Waals surface area (Å²) in [5.74, 6) is -1.13. The predicted octanol–water partition coefficient (Wildman–Crippen LogP) is 4.29. The van der Waals surface area contributed by atoms with Crippen molar-refractivity contribution in [2.75, 3.05) is 89.5 Å². The average Bonchev–Trinajstić information content (AvgIpc) is 3.53. The summed E-state index contributed by atoms with van der Waals surface area (Å²) < 4.78 is 36.7. The molecule has 3 aromatic carbocycles. The van der Waals surface area contributed by atoms with Crippen LogP contribution in [0.4, 0.5) is 5.69 Å². The van der Waals surface area contributed by atoms with Gasteiger partial charge in [0.25, 0.3) is 11.8 Å². The van der Waals surface area contributed by atoms with Crippen LogP contribution < -0.4 is 19.7 Å². The van der Waals surface area contributed by atoms with Crippen LogP contribution in [-0.2, 0) is 25.8 Å². The number of piperidine rings is 3. The summed E-state index contributed by atoms with van der Waals surface area (Å²) in [5, 5.41) is 2.46. The Morgan fingerprint density at radius 1 is 0.774 bits per heavy atom. The molecular formula is C47H60N6O8S. The number of amides is 4. The van der Waals surface area contributed by atoms with E-state index in [1.807, 2.05) is 31.2 Å². The first kappa shape index (κ1) is 43.8. The number of rotatable bonds is 14. The number of likely N-dealkylation sites (tertiary alicyclic amines) is 2. The van der Waals surface area contributed by atoms with Gasteiger partial charge in [0.05, 0.1) is 48.2 Å². The molecule has 0 radical (unpaired) electrons. The molecule has 5 aliphatic rings. The third-order valence-corrected chi connectivity index (χ3v) is 14.6. The lowest BCUT2D eigenvalue weighted by Crippen LogP contribution is -2.55. The summed E-state index contributed by atoms with van der Waals surface area (Å²) in [7, 11) is -2.09. The highest BCUT2D eigenvalue weighted by atomic mass is 32.2. The number of carbonyl (C=O) groups excluding carboxylic acids is 4. The molecule has 5 heterocycles. The van der Waals surface area contributed by atoms with Gasteiger partial charge in [-0.1, -0.05) is 36.4 Å². The molecule has 1 unspecified atom stereocenters. The quantitative estimate of drug-likeness (QED) is 0.231. The Hall–Kier alpha value is -4.83. The zero-order valence-corrected chi connectivity index (χ0v) is 37.0. The van der Waals surface area contributed by atoms with Crippen LogP contribution in [0.2, 0.25) is 0 Å². The molecule has 0 bridgehead atoms. The SMILES string of the molecule is CCOc1cc([C@@H](CS(C)(=O)=O)N2C(=O)c3cccc(N4CCN(C5CCN(C6CCN(CCc7ccc(C8CCC(=O)NC8=O)cc7)CC6)CC5)CC4)c3C2=O)ccc1OC. The van der Waals surface area contributed by atoms with Crippen molar-refractivity contribution >= 4 is 39.2 Å². The topological polar surface area (TPSA) is 149 Å². The lowest BCUT2D eigenvalue weighted by Gasteiger charge is -2.46. The summed E-state index contributed by atoms with van der Waals surface area (Å²) in [6, 6.07) is 18.8. The number of hydrogen-bond donors (Lipinski definition) is 1. The van der Waals surface area contributed by atoms with Gasteiger partial charge in [0.1, 0.15) is 9.84 Å². The summed E-state index contributed by atoms with van der Waals surface area (Å²) in [6.45, 7) is 10.8. The van der Waals surface area contributed by atoms with Gasteiger partial charge in [-0.3, -0.25) is 34.3 Å². The van der Waals surface area contributed by atoms with Gasteiger partial charge in [0, 0.05) is 57.5 Å².